The number of carbonyl (C=O) groups is 1. The molecule has 1 amide bonds. The largest absolute Gasteiger partial charge is 0.598 e. The Morgan fingerprint density at radius 1 is 0.797 bits per heavy atom. The molecular formula is C48H62N8O10S3. The van der Waals surface area contributed by atoms with Gasteiger partial charge < -0.3 is 28.8 Å². The van der Waals surface area contributed by atoms with Crippen molar-refractivity contribution in [2.45, 2.75) is 107 Å². The van der Waals surface area contributed by atoms with Gasteiger partial charge >= 0.3 is 6.09 Å². The molecule has 4 aromatic carbocycles. The monoisotopic (exact) mass is 1010 g/mol. The fraction of sp³-hybridized carbons (Fsp3) is 0.417. The van der Waals surface area contributed by atoms with Gasteiger partial charge in [-0.2, -0.15) is 9.10 Å². The highest BCUT2D eigenvalue weighted by atomic mass is 32.2. The predicted octanol–water partition coefficient (Wildman–Crippen LogP) is 6.60. The van der Waals surface area contributed by atoms with Crippen molar-refractivity contribution in [1.82, 2.24) is 39.3 Å². The first-order chi connectivity index (χ1) is 32.6. The van der Waals surface area contributed by atoms with Crippen molar-refractivity contribution < 1.29 is 45.1 Å². The Morgan fingerprint density at radius 2 is 1.35 bits per heavy atom. The Balaban J connectivity index is 1.58. The molecule has 0 spiro atoms. The van der Waals surface area contributed by atoms with Crippen molar-refractivity contribution in [2.24, 2.45) is 0 Å². The van der Waals surface area contributed by atoms with E-state index in [2.05, 4.69) is 25.1 Å². The van der Waals surface area contributed by atoms with E-state index in [0.29, 0.717) is 58.8 Å². The van der Waals surface area contributed by atoms with E-state index in [1.54, 1.807) is 94.6 Å². The molecule has 0 aliphatic heterocycles. The summed E-state index contributed by atoms with van der Waals surface area (Å²) in [4.78, 5) is 12.6. The summed E-state index contributed by atoms with van der Waals surface area (Å²) < 4.78 is 103. The van der Waals surface area contributed by atoms with Gasteiger partial charge in [0.1, 0.15) is 37.4 Å². The molecule has 3 N–H and O–H groups in total. The predicted molar refractivity (Wildman–Crippen MR) is 264 cm³/mol. The fourth-order valence-electron chi connectivity index (χ4n) is 7.35. The highest BCUT2D eigenvalue weighted by Crippen LogP contribution is 2.42. The van der Waals surface area contributed by atoms with Crippen LogP contribution in [-0.2, 0) is 55.8 Å². The topological polar surface area (TPSA) is 228 Å². The average Bonchev–Trinajstić information content (AvgIpc) is 3.77. The summed E-state index contributed by atoms with van der Waals surface area (Å²) in [5.41, 5.74) is 2.08. The van der Waals surface area contributed by atoms with Gasteiger partial charge in [0.25, 0.3) is 0 Å². The molecular weight excluding hydrogens is 945 g/mol. The number of alkyl carbamates (subject to hydrolysis) is 1. The summed E-state index contributed by atoms with van der Waals surface area (Å²) in [5.74, 6) is 1.61. The lowest BCUT2D eigenvalue weighted by molar-refractivity contribution is 0.0528. The molecule has 0 saturated heterocycles. The molecule has 372 valence electrons. The first-order valence-electron chi connectivity index (χ1n) is 22.3. The summed E-state index contributed by atoms with van der Waals surface area (Å²) in [5, 5.41) is 16.1. The number of hydrogen-bond acceptors (Lipinski definition) is 14. The Kier molecular flexibility index (Phi) is 17.2. The van der Waals surface area contributed by atoms with E-state index in [1.165, 1.54) is 29.4 Å². The van der Waals surface area contributed by atoms with Crippen molar-refractivity contribution in [2.75, 3.05) is 34.4 Å². The normalized spacial score (nSPS) is 15.1. The lowest BCUT2D eigenvalue weighted by Crippen LogP contribution is -2.44. The number of hydrogen-bond donors (Lipinski definition) is 3. The van der Waals surface area contributed by atoms with Crippen LogP contribution in [0.2, 0.25) is 0 Å². The number of nitrogens with zero attached hydrogens (tertiary/aromatic N) is 5. The number of rotatable bonds is 20. The smallest absolute Gasteiger partial charge is 0.407 e. The molecule has 1 aliphatic rings. The lowest BCUT2D eigenvalue weighted by atomic mass is 9.88. The van der Waals surface area contributed by atoms with Gasteiger partial charge in [-0.1, -0.05) is 48.5 Å². The van der Waals surface area contributed by atoms with Gasteiger partial charge in [-0.15, -0.1) is 14.9 Å². The molecule has 1 aromatic heterocycles. The van der Waals surface area contributed by atoms with E-state index in [9.17, 15) is 17.8 Å². The second kappa shape index (κ2) is 22.5. The molecule has 0 fully saturated rings. The number of tetrazole rings is 1. The van der Waals surface area contributed by atoms with Crippen LogP contribution in [0.5, 0.6) is 17.2 Å². The zero-order valence-electron chi connectivity index (χ0n) is 40.4. The third kappa shape index (κ3) is 14.0. The molecule has 5 aromatic rings. The van der Waals surface area contributed by atoms with Crippen molar-refractivity contribution in [3.63, 3.8) is 0 Å². The van der Waals surface area contributed by atoms with Gasteiger partial charge in [0.15, 0.2) is 0 Å². The zero-order chi connectivity index (χ0) is 50.1. The van der Waals surface area contributed by atoms with Gasteiger partial charge in [0, 0.05) is 37.5 Å². The second-order valence-electron chi connectivity index (χ2n) is 18.3. The van der Waals surface area contributed by atoms with Crippen LogP contribution < -0.4 is 29.0 Å². The number of sulfonamides is 2. The van der Waals surface area contributed by atoms with E-state index >= 15 is 8.42 Å². The summed E-state index contributed by atoms with van der Waals surface area (Å²) >= 11 is -1.44. The Hall–Kier alpha value is -5.55. The van der Waals surface area contributed by atoms with E-state index in [-0.39, 0.29) is 50.2 Å². The first-order valence-corrected chi connectivity index (χ1v) is 26.4. The number of allylic oxidation sites excluding steroid dienone is 1. The Morgan fingerprint density at radius 3 is 1.87 bits per heavy atom. The molecule has 0 radical (unpaired) electrons. The summed E-state index contributed by atoms with van der Waals surface area (Å²) in [6.07, 6.45) is 2.90. The molecule has 2 atom stereocenters. The Labute approximate surface area is 408 Å². The fourth-order valence-corrected chi connectivity index (χ4v) is 11.6. The summed E-state index contributed by atoms with van der Waals surface area (Å²) in [6.45, 7) is 9.93. The van der Waals surface area contributed by atoms with E-state index < -0.39 is 57.6 Å². The third-order valence-corrected chi connectivity index (χ3v) is 16.0. The van der Waals surface area contributed by atoms with Gasteiger partial charge in [-0.3, -0.25) is 0 Å². The highest BCUT2D eigenvalue weighted by Gasteiger charge is 2.39. The van der Waals surface area contributed by atoms with Crippen LogP contribution in [0.4, 0.5) is 4.79 Å². The minimum Gasteiger partial charge on any atom is -0.598 e. The van der Waals surface area contributed by atoms with Crippen LogP contribution in [0.3, 0.4) is 0 Å². The number of nitrogens with one attached hydrogen (secondary N) is 3. The van der Waals surface area contributed by atoms with Crippen LogP contribution in [0, 0.1) is 0 Å². The molecule has 0 bridgehead atoms. The molecule has 2 unspecified atom stereocenters. The maximum atomic E-state index is 16.1. The van der Waals surface area contributed by atoms with Crippen molar-refractivity contribution in [3.8, 4) is 28.6 Å². The number of carbonyl (C=O) groups excluding carboxylic acids is 1. The van der Waals surface area contributed by atoms with Crippen molar-refractivity contribution in [1.29, 1.82) is 0 Å². The quantitative estimate of drug-likeness (QED) is 0.0552. The third-order valence-electron chi connectivity index (χ3n) is 10.8. The standard InChI is InChI=1S/C48H62N8O10S3/c1-47(2,3)66-46(57)49-27-28-50-68(59,60)42-26-25-41(36-11-10-12-37(29-36)53-67(58)48(4,5)6)43(45-51-54-56(52-45)32-35-17-23-40(65-9)24-18-35)44(42)69(61,62)55(30-33-13-19-38(63-7)20-14-33)31-34-15-21-39(64-8)22-16-34/h13-26,29,37,50,53H,10-12,27-28,30-32H2,1-9H3,(H,49,57). The minimum atomic E-state index is -4.92. The number of methoxy groups -OCH3 is 3. The number of aromatic nitrogens is 4. The maximum Gasteiger partial charge on any atom is 0.407 e. The van der Waals surface area contributed by atoms with E-state index in [0.717, 1.165) is 5.56 Å². The van der Waals surface area contributed by atoms with Gasteiger partial charge in [-0.05, 0) is 136 Å². The average molecular weight is 1010 g/mol. The minimum absolute atomic E-state index is 0.0935. The molecule has 21 heteroatoms. The molecule has 18 nitrogen and oxygen atoms in total. The number of benzene rings is 4. The van der Waals surface area contributed by atoms with Gasteiger partial charge in [0.05, 0.1) is 39.5 Å². The number of amides is 1. The van der Waals surface area contributed by atoms with Crippen LogP contribution in [-0.4, -0.2) is 103 Å². The Bertz CT molecular complexity index is 2740. The maximum absolute atomic E-state index is 16.1. The molecule has 0 saturated carbocycles. The number of ether oxygens (including phenoxy) is 4. The van der Waals surface area contributed by atoms with Crippen LogP contribution in [0.1, 0.15) is 83.1 Å². The molecule has 1 heterocycles. The van der Waals surface area contributed by atoms with Gasteiger partial charge in [-0.25, -0.2) is 26.4 Å². The van der Waals surface area contributed by atoms with Crippen molar-refractivity contribution >= 4 is 43.1 Å². The summed E-state index contributed by atoms with van der Waals surface area (Å²) in [7, 11) is -5.02. The van der Waals surface area contributed by atoms with Gasteiger partial charge in [0.2, 0.25) is 25.9 Å². The van der Waals surface area contributed by atoms with E-state index in [1.807, 2.05) is 39.0 Å². The molecule has 6 rings (SSSR count). The van der Waals surface area contributed by atoms with Crippen LogP contribution >= 0.6 is 0 Å². The zero-order valence-corrected chi connectivity index (χ0v) is 42.9. The lowest BCUT2D eigenvalue weighted by Gasteiger charge is -2.30. The van der Waals surface area contributed by atoms with Crippen molar-refractivity contribution in [3.05, 3.63) is 113 Å². The SMILES string of the molecule is COc1ccc(CN(Cc2ccc(OC)cc2)S(=O)(=O)c2c(S(=O)(=O)NCCNC(=O)OC(C)(C)C)ccc(C3=CC(N[S+]([O-])C(C)(C)C)CCC3)c2-c2nnn(Cc3ccc(OC)cc3)n2)cc1. The highest BCUT2D eigenvalue weighted by molar-refractivity contribution is 7.92. The first kappa shape index (κ1) is 52.8. The molecule has 69 heavy (non-hydrogen) atoms. The second-order valence-corrected chi connectivity index (χ2v) is 23.9. The van der Waals surface area contributed by atoms with E-state index in [4.69, 9.17) is 24.0 Å². The van der Waals surface area contributed by atoms with Crippen LogP contribution in [0.25, 0.3) is 17.0 Å². The molecule has 1 aliphatic carbocycles. The summed E-state index contributed by atoms with van der Waals surface area (Å²) in [6, 6.07) is 23.5. The van der Waals surface area contributed by atoms with Crippen LogP contribution in [0.15, 0.2) is 101 Å².